The molecule has 0 aromatic heterocycles. The van der Waals surface area contributed by atoms with E-state index in [0.717, 1.165) is 25.7 Å². The fourth-order valence-electron chi connectivity index (χ4n) is 3.28. The minimum absolute atomic E-state index is 0.489. The van der Waals surface area contributed by atoms with Gasteiger partial charge in [-0.05, 0) is 44.9 Å². The second kappa shape index (κ2) is 7.46. The summed E-state index contributed by atoms with van der Waals surface area (Å²) in [7, 11) is 0. The molecule has 2 rings (SSSR count). The molecule has 3 heteroatoms. The molecule has 3 unspecified atom stereocenters. The average Bonchev–Trinajstić information content (AvgIpc) is 2.40. The van der Waals surface area contributed by atoms with E-state index in [9.17, 15) is 0 Å². The van der Waals surface area contributed by atoms with Crippen molar-refractivity contribution in [2.45, 2.75) is 70.6 Å². The molecular formula is C15H29NO2. The van der Waals surface area contributed by atoms with Gasteiger partial charge in [-0.15, -0.1) is 0 Å². The molecule has 1 N–H and O–H groups in total. The van der Waals surface area contributed by atoms with E-state index in [2.05, 4.69) is 19.2 Å². The van der Waals surface area contributed by atoms with Gasteiger partial charge in [-0.25, -0.2) is 0 Å². The number of ether oxygens (including phenoxy) is 2. The number of rotatable bonds is 5. The summed E-state index contributed by atoms with van der Waals surface area (Å²) in [5.74, 6) is 0.797. The van der Waals surface area contributed by atoms with Gasteiger partial charge in [-0.1, -0.05) is 13.3 Å². The van der Waals surface area contributed by atoms with Crippen LogP contribution in [0.2, 0.25) is 0 Å². The Kier molecular flexibility index (Phi) is 5.93. The monoisotopic (exact) mass is 255 g/mol. The molecule has 106 valence electrons. The van der Waals surface area contributed by atoms with E-state index in [4.69, 9.17) is 9.47 Å². The standard InChI is InChI=1S/C15H29NO2/c1-3-4-15-11-14(7-10-18-15)16-12(2)13-5-8-17-9-6-13/h12-16H,3-11H2,1-2H3. The van der Waals surface area contributed by atoms with Gasteiger partial charge in [0.15, 0.2) is 0 Å². The summed E-state index contributed by atoms with van der Waals surface area (Å²) in [6.07, 6.45) is 7.74. The first kappa shape index (κ1) is 14.3. The Labute approximate surface area is 112 Å². The van der Waals surface area contributed by atoms with E-state index < -0.39 is 0 Å². The van der Waals surface area contributed by atoms with E-state index in [0.29, 0.717) is 18.2 Å². The predicted octanol–water partition coefficient (Wildman–Crippen LogP) is 2.74. The lowest BCUT2D eigenvalue weighted by Crippen LogP contribution is -2.46. The maximum Gasteiger partial charge on any atom is 0.0589 e. The highest BCUT2D eigenvalue weighted by Gasteiger charge is 2.26. The van der Waals surface area contributed by atoms with Crippen molar-refractivity contribution in [1.29, 1.82) is 0 Å². The highest BCUT2D eigenvalue weighted by atomic mass is 16.5. The van der Waals surface area contributed by atoms with Crippen LogP contribution in [0.5, 0.6) is 0 Å². The molecule has 0 amide bonds. The lowest BCUT2D eigenvalue weighted by Gasteiger charge is -2.35. The molecule has 3 nitrogen and oxygen atoms in total. The summed E-state index contributed by atoms with van der Waals surface area (Å²) in [5.41, 5.74) is 0. The van der Waals surface area contributed by atoms with E-state index in [1.54, 1.807) is 0 Å². The van der Waals surface area contributed by atoms with E-state index in [1.165, 1.54) is 38.5 Å². The summed E-state index contributed by atoms with van der Waals surface area (Å²) in [6.45, 7) is 7.42. The van der Waals surface area contributed by atoms with Gasteiger partial charge in [0.25, 0.3) is 0 Å². The van der Waals surface area contributed by atoms with Crippen LogP contribution in [0, 0.1) is 5.92 Å². The quantitative estimate of drug-likeness (QED) is 0.819. The lowest BCUT2D eigenvalue weighted by atomic mass is 9.91. The van der Waals surface area contributed by atoms with Gasteiger partial charge in [0.05, 0.1) is 6.10 Å². The molecule has 0 aromatic carbocycles. The first-order valence-electron chi connectivity index (χ1n) is 7.75. The third-order valence-electron chi connectivity index (χ3n) is 4.45. The van der Waals surface area contributed by atoms with E-state index >= 15 is 0 Å². The second-order valence-electron chi connectivity index (χ2n) is 5.91. The molecule has 2 fully saturated rings. The van der Waals surface area contributed by atoms with Gasteiger partial charge in [0, 0.05) is 31.9 Å². The topological polar surface area (TPSA) is 30.5 Å². The third-order valence-corrected chi connectivity index (χ3v) is 4.45. The molecule has 2 saturated heterocycles. The van der Waals surface area contributed by atoms with Crippen molar-refractivity contribution in [2.24, 2.45) is 5.92 Å². The molecule has 0 radical (unpaired) electrons. The molecule has 0 aromatic rings. The molecule has 3 atom stereocenters. The summed E-state index contributed by atoms with van der Waals surface area (Å²) < 4.78 is 11.3. The maximum atomic E-state index is 5.82. The zero-order chi connectivity index (χ0) is 12.8. The van der Waals surface area contributed by atoms with Crippen LogP contribution in [0.25, 0.3) is 0 Å². The SMILES string of the molecule is CCCC1CC(NC(C)C2CCOCC2)CCO1. The maximum absolute atomic E-state index is 5.82. The summed E-state index contributed by atoms with van der Waals surface area (Å²) in [6, 6.07) is 1.28. The van der Waals surface area contributed by atoms with E-state index in [-0.39, 0.29) is 0 Å². The van der Waals surface area contributed by atoms with Crippen molar-refractivity contribution < 1.29 is 9.47 Å². The first-order chi connectivity index (χ1) is 8.79. The molecule has 2 heterocycles. The van der Waals surface area contributed by atoms with Crippen LogP contribution in [0.15, 0.2) is 0 Å². The Morgan fingerprint density at radius 3 is 2.67 bits per heavy atom. The van der Waals surface area contributed by atoms with Gasteiger partial charge in [-0.2, -0.15) is 0 Å². The van der Waals surface area contributed by atoms with Crippen molar-refractivity contribution in [1.82, 2.24) is 5.32 Å². The number of nitrogens with one attached hydrogen (secondary N) is 1. The smallest absolute Gasteiger partial charge is 0.0589 e. The molecule has 2 aliphatic heterocycles. The van der Waals surface area contributed by atoms with Gasteiger partial charge in [0.2, 0.25) is 0 Å². The Morgan fingerprint density at radius 2 is 1.94 bits per heavy atom. The first-order valence-corrected chi connectivity index (χ1v) is 7.75. The van der Waals surface area contributed by atoms with Gasteiger partial charge >= 0.3 is 0 Å². The van der Waals surface area contributed by atoms with Crippen molar-refractivity contribution in [3.63, 3.8) is 0 Å². The number of hydrogen-bond acceptors (Lipinski definition) is 3. The molecule has 0 saturated carbocycles. The van der Waals surface area contributed by atoms with Gasteiger partial charge in [-0.3, -0.25) is 0 Å². The molecular weight excluding hydrogens is 226 g/mol. The molecule has 0 spiro atoms. The van der Waals surface area contributed by atoms with Crippen LogP contribution >= 0.6 is 0 Å². The average molecular weight is 255 g/mol. The summed E-state index contributed by atoms with van der Waals surface area (Å²) >= 11 is 0. The van der Waals surface area contributed by atoms with Crippen LogP contribution in [-0.2, 0) is 9.47 Å². The fraction of sp³-hybridized carbons (Fsp3) is 1.00. The lowest BCUT2D eigenvalue weighted by molar-refractivity contribution is -0.00869. The van der Waals surface area contributed by atoms with Gasteiger partial charge in [0.1, 0.15) is 0 Å². The summed E-state index contributed by atoms with van der Waals surface area (Å²) in [5, 5.41) is 3.84. The Balaban J connectivity index is 1.73. The number of hydrogen-bond donors (Lipinski definition) is 1. The van der Waals surface area contributed by atoms with Crippen molar-refractivity contribution in [3.8, 4) is 0 Å². The van der Waals surface area contributed by atoms with Crippen LogP contribution < -0.4 is 5.32 Å². The summed E-state index contributed by atoms with van der Waals surface area (Å²) in [4.78, 5) is 0. The van der Waals surface area contributed by atoms with Gasteiger partial charge < -0.3 is 14.8 Å². The highest BCUT2D eigenvalue weighted by molar-refractivity contribution is 4.82. The van der Waals surface area contributed by atoms with Crippen molar-refractivity contribution in [3.05, 3.63) is 0 Å². The molecule has 18 heavy (non-hydrogen) atoms. The Bertz CT molecular complexity index is 227. The highest BCUT2D eigenvalue weighted by Crippen LogP contribution is 2.22. The Hall–Kier alpha value is -0.120. The van der Waals surface area contributed by atoms with Crippen molar-refractivity contribution in [2.75, 3.05) is 19.8 Å². The predicted molar refractivity (Wildman–Crippen MR) is 73.8 cm³/mol. The zero-order valence-electron chi connectivity index (χ0n) is 12.0. The molecule has 0 aliphatic carbocycles. The minimum Gasteiger partial charge on any atom is -0.381 e. The minimum atomic E-state index is 0.489. The Morgan fingerprint density at radius 1 is 1.17 bits per heavy atom. The van der Waals surface area contributed by atoms with Crippen LogP contribution in [0.3, 0.4) is 0 Å². The molecule has 0 bridgehead atoms. The third kappa shape index (κ3) is 4.22. The zero-order valence-corrected chi connectivity index (χ0v) is 12.0. The van der Waals surface area contributed by atoms with Crippen LogP contribution in [0.4, 0.5) is 0 Å². The van der Waals surface area contributed by atoms with Crippen LogP contribution in [-0.4, -0.2) is 38.0 Å². The second-order valence-corrected chi connectivity index (χ2v) is 5.91. The van der Waals surface area contributed by atoms with E-state index in [1.807, 2.05) is 0 Å². The molecule has 2 aliphatic rings. The fourth-order valence-corrected chi connectivity index (χ4v) is 3.28. The largest absolute Gasteiger partial charge is 0.381 e. The van der Waals surface area contributed by atoms with Crippen molar-refractivity contribution >= 4 is 0 Å². The van der Waals surface area contributed by atoms with Crippen LogP contribution in [0.1, 0.15) is 52.4 Å². The normalized spacial score (nSPS) is 32.3.